The van der Waals surface area contributed by atoms with Crippen LogP contribution in [0.5, 0.6) is 0 Å². The van der Waals surface area contributed by atoms with Crippen LogP contribution in [0.25, 0.3) is 16.7 Å². The molecule has 20 heavy (non-hydrogen) atoms. The van der Waals surface area contributed by atoms with Crippen molar-refractivity contribution in [3.63, 3.8) is 0 Å². The molecule has 2 nitrogen and oxygen atoms in total. The Labute approximate surface area is 135 Å². The maximum absolute atomic E-state index is 6.19. The molecule has 1 aromatic heterocycles. The van der Waals surface area contributed by atoms with Crippen molar-refractivity contribution in [3.8, 4) is 5.69 Å². The molecule has 6 heteroatoms. The third-order valence-corrected chi connectivity index (χ3v) is 4.62. The Morgan fingerprint density at radius 2 is 1.75 bits per heavy atom. The van der Waals surface area contributed by atoms with Crippen molar-refractivity contribution in [2.24, 2.45) is 0 Å². The summed E-state index contributed by atoms with van der Waals surface area (Å²) in [6, 6.07) is 9.27. The second-order valence-corrected chi connectivity index (χ2v) is 6.04. The molecule has 2 aromatic carbocycles. The van der Waals surface area contributed by atoms with Gasteiger partial charge in [0, 0.05) is 5.02 Å². The molecule has 0 fully saturated rings. The van der Waals surface area contributed by atoms with Gasteiger partial charge < -0.3 is 4.98 Å². The molecule has 0 aliphatic rings. The largest absolute Gasteiger partial charge is 0.330 e. The van der Waals surface area contributed by atoms with Crippen molar-refractivity contribution in [1.29, 1.82) is 0 Å². The van der Waals surface area contributed by atoms with Gasteiger partial charge in [-0.3, -0.25) is 4.57 Å². The Bertz CT molecular complexity index is 880. The highest BCUT2D eigenvalue weighted by Crippen LogP contribution is 2.31. The summed E-state index contributed by atoms with van der Waals surface area (Å²) < 4.78 is 2.48. The first kappa shape index (κ1) is 14.0. The van der Waals surface area contributed by atoms with E-state index in [1.165, 1.54) is 0 Å². The van der Waals surface area contributed by atoms with Crippen molar-refractivity contribution in [2.75, 3.05) is 0 Å². The fraction of sp³-hybridized carbons (Fsp3) is 0.0714. The molecule has 102 valence electrons. The Morgan fingerprint density at radius 1 is 1.05 bits per heavy atom. The lowest BCUT2D eigenvalue weighted by molar-refractivity contribution is 1.05. The van der Waals surface area contributed by atoms with Gasteiger partial charge in [-0.15, -0.1) is 0 Å². The fourth-order valence-corrected chi connectivity index (χ4v) is 2.98. The highest BCUT2D eigenvalue weighted by molar-refractivity contribution is 7.71. The maximum Gasteiger partial charge on any atom is 0.182 e. The fourth-order valence-electron chi connectivity index (χ4n) is 2.18. The Balaban J connectivity index is 2.42. The minimum atomic E-state index is 0.488. The molecule has 0 bridgehead atoms. The van der Waals surface area contributed by atoms with Gasteiger partial charge in [-0.1, -0.05) is 40.9 Å². The van der Waals surface area contributed by atoms with Gasteiger partial charge in [0.2, 0.25) is 0 Å². The quantitative estimate of drug-likeness (QED) is 0.541. The van der Waals surface area contributed by atoms with Gasteiger partial charge in [-0.2, -0.15) is 0 Å². The summed E-state index contributed by atoms with van der Waals surface area (Å²) in [4.78, 5) is 3.13. The molecule has 0 unspecified atom stereocenters. The normalized spacial score (nSPS) is 11.2. The van der Waals surface area contributed by atoms with Gasteiger partial charge in [0.05, 0.1) is 26.8 Å². The maximum atomic E-state index is 6.19. The van der Waals surface area contributed by atoms with E-state index in [-0.39, 0.29) is 0 Å². The van der Waals surface area contributed by atoms with Gasteiger partial charge in [-0.05, 0) is 49.0 Å². The molecule has 3 aromatic rings. The molecule has 0 saturated carbocycles. The van der Waals surface area contributed by atoms with Crippen LogP contribution >= 0.6 is 47.0 Å². The summed E-state index contributed by atoms with van der Waals surface area (Å²) in [5.41, 5.74) is 3.59. The standard InChI is InChI=1S/C14H9Cl3N2S/c1-7-8(15)3-2-4-12(7)19-13-6-10(17)9(16)5-11(13)18-14(19)20/h2-6H,1H3,(H,18,20). The van der Waals surface area contributed by atoms with Crippen LogP contribution in [0.1, 0.15) is 5.56 Å². The summed E-state index contributed by atoms with van der Waals surface area (Å²) in [7, 11) is 0. The zero-order chi connectivity index (χ0) is 14.4. The van der Waals surface area contributed by atoms with Crippen LogP contribution in [-0.2, 0) is 0 Å². The lowest BCUT2D eigenvalue weighted by Crippen LogP contribution is -1.97. The van der Waals surface area contributed by atoms with E-state index >= 15 is 0 Å². The second-order valence-electron chi connectivity index (χ2n) is 4.43. The lowest BCUT2D eigenvalue weighted by Gasteiger charge is -2.10. The van der Waals surface area contributed by atoms with E-state index in [1.54, 1.807) is 12.1 Å². The topological polar surface area (TPSA) is 20.7 Å². The van der Waals surface area contributed by atoms with E-state index in [1.807, 2.05) is 29.7 Å². The van der Waals surface area contributed by atoms with Crippen LogP contribution in [-0.4, -0.2) is 9.55 Å². The van der Waals surface area contributed by atoms with E-state index in [9.17, 15) is 0 Å². The van der Waals surface area contributed by atoms with Crippen molar-refractivity contribution < 1.29 is 0 Å². The number of hydrogen-bond acceptors (Lipinski definition) is 1. The van der Waals surface area contributed by atoms with Crippen LogP contribution in [0.15, 0.2) is 30.3 Å². The number of nitrogens with one attached hydrogen (secondary N) is 1. The van der Waals surface area contributed by atoms with Gasteiger partial charge in [0.1, 0.15) is 0 Å². The van der Waals surface area contributed by atoms with Crippen molar-refractivity contribution in [2.45, 2.75) is 6.92 Å². The molecule has 0 spiro atoms. The highest BCUT2D eigenvalue weighted by Gasteiger charge is 2.12. The number of aromatic amines is 1. The number of nitrogens with zero attached hydrogens (tertiary/aromatic N) is 1. The van der Waals surface area contributed by atoms with Crippen LogP contribution in [0.2, 0.25) is 15.1 Å². The van der Waals surface area contributed by atoms with Crippen molar-refractivity contribution in [3.05, 3.63) is 55.7 Å². The van der Waals surface area contributed by atoms with Crippen LogP contribution in [0.4, 0.5) is 0 Å². The lowest BCUT2D eigenvalue weighted by atomic mass is 10.2. The summed E-state index contributed by atoms with van der Waals surface area (Å²) in [5.74, 6) is 0. The number of hydrogen-bond donors (Lipinski definition) is 1. The third-order valence-electron chi connectivity index (χ3n) is 3.20. The van der Waals surface area contributed by atoms with Crippen molar-refractivity contribution >= 4 is 58.1 Å². The number of benzene rings is 2. The molecule has 0 radical (unpaired) electrons. The van der Waals surface area contributed by atoms with Crippen LogP contribution < -0.4 is 0 Å². The molecule has 1 N–H and O–H groups in total. The number of H-pyrrole nitrogens is 1. The predicted molar refractivity (Wildman–Crippen MR) is 88.2 cm³/mol. The summed E-state index contributed by atoms with van der Waals surface area (Å²) in [5, 5.41) is 1.67. The van der Waals surface area contributed by atoms with E-state index in [2.05, 4.69) is 4.98 Å². The molecule has 0 atom stereocenters. The molecule has 1 heterocycles. The zero-order valence-corrected chi connectivity index (χ0v) is 13.5. The monoisotopic (exact) mass is 342 g/mol. The molecule has 0 amide bonds. The highest BCUT2D eigenvalue weighted by atomic mass is 35.5. The predicted octanol–water partition coefficient (Wildman–Crippen LogP) is 5.96. The minimum Gasteiger partial charge on any atom is -0.330 e. The average molecular weight is 344 g/mol. The van der Waals surface area contributed by atoms with Gasteiger partial charge in [0.15, 0.2) is 4.77 Å². The molecule has 3 rings (SSSR count). The van der Waals surface area contributed by atoms with Crippen LogP contribution in [0, 0.1) is 11.7 Å². The Hall–Kier alpha value is -1.000. The van der Waals surface area contributed by atoms with E-state index in [4.69, 9.17) is 47.0 Å². The molecule has 0 aliphatic heterocycles. The molecular weight excluding hydrogens is 335 g/mol. The second kappa shape index (κ2) is 5.08. The summed E-state index contributed by atoms with van der Waals surface area (Å²) in [6.45, 7) is 1.95. The first-order valence-electron chi connectivity index (χ1n) is 5.84. The SMILES string of the molecule is Cc1c(Cl)cccc1-n1c(=S)[nH]c2cc(Cl)c(Cl)cc21. The molecule has 0 saturated heterocycles. The summed E-state index contributed by atoms with van der Waals surface area (Å²) in [6.07, 6.45) is 0. The Morgan fingerprint density at radius 3 is 2.50 bits per heavy atom. The molecule has 0 aliphatic carbocycles. The third kappa shape index (κ3) is 2.15. The smallest absolute Gasteiger partial charge is 0.182 e. The number of rotatable bonds is 1. The van der Waals surface area contributed by atoms with E-state index in [0.717, 1.165) is 22.3 Å². The van der Waals surface area contributed by atoms with E-state index in [0.29, 0.717) is 19.8 Å². The van der Waals surface area contributed by atoms with E-state index < -0.39 is 0 Å². The van der Waals surface area contributed by atoms with Gasteiger partial charge in [-0.25, -0.2) is 0 Å². The van der Waals surface area contributed by atoms with Crippen molar-refractivity contribution in [1.82, 2.24) is 9.55 Å². The Kier molecular flexibility index (Phi) is 3.55. The number of halogens is 3. The first-order valence-corrected chi connectivity index (χ1v) is 7.38. The summed E-state index contributed by atoms with van der Waals surface area (Å²) >= 11 is 23.7. The van der Waals surface area contributed by atoms with Crippen LogP contribution in [0.3, 0.4) is 0 Å². The number of fused-ring (bicyclic) bond motifs is 1. The molecular formula is C14H9Cl3N2S. The average Bonchev–Trinajstić information content (AvgIpc) is 2.69. The zero-order valence-electron chi connectivity index (χ0n) is 10.4. The van der Waals surface area contributed by atoms with Gasteiger partial charge >= 0.3 is 0 Å². The number of imidazole rings is 1. The van der Waals surface area contributed by atoms with Gasteiger partial charge in [0.25, 0.3) is 0 Å². The minimum absolute atomic E-state index is 0.488. The number of aromatic nitrogens is 2. The first-order chi connectivity index (χ1) is 9.49.